The lowest BCUT2D eigenvalue weighted by Crippen LogP contribution is -1.97. The van der Waals surface area contributed by atoms with E-state index in [0.29, 0.717) is 19.1 Å². The highest BCUT2D eigenvalue weighted by atomic mass is 16.5. The van der Waals surface area contributed by atoms with Gasteiger partial charge in [-0.1, -0.05) is 31.4 Å². The summed E-state index contributed by atoms with van der Waals surface area (Å²) in [5.74, 6) is 3.09. The Balaban J connectivity index is 3.62. The van der Waals surface area contributed by atoms with Crippen molar-refractivity contribution in [2.24, 2.45) is 5.92 Å². The van der Waals surface area contributed by atoms with Crippen molar-refractivity contribution < 1.29 is 4.74 Å². The Morgan fingerprint density at radius 2 is 2.33 bits per heavy atom. The third kappa shape index (κ3) is 4.98. The minimum Gasteiger partial charge on any atom is -0.365 e. The minimum atomic E-state index is 0.407. The molecular formula is C11H18O. The quantitative estimate of drug-likeness (QED) is 0.346. The molecule has 0 radical (unpaired) electrons. The lowest BCUT2D eigenvalue weighted by Gasteiger charge is -2.08. The maximum absolute atomic E-state index is 5.14. The smallest absolute Gasteiger partial charge is 0.107 e. The van der Waals surface area contributed by atoms with Crippen LogP contribution in [0.4, 0.5) is 0 Å². The average molecular weight is 166 g/mol. The van der Waals surface area contributed by atoms with E-state index in [1.807, 2.05) is 0 Å². The lowest BCUT2D eigenvalue weighted by atomic mass is 10.0. The van der Waals surface area contributed by atoms with Crippen LogP contribution in [0.2, 0.25) is 0 Å². The second-order valence-corrected chi connectivity index (χ2v) is 2.98. The molecule has 0 heterocycles. The van der Waals surface area contributed by atoms with Gasteiger partial charge in [-0.25, -0.2) is 0 Å². The van der Waals surface area contributed by atoms with Crippen molar-refractivity contribution in [2.45, 2.75) is 27.2 Å². The number of allylic oxidation sites excluding steroid dienone is 1. The zero-order chi connectivity index (χ0) is 9.40. The van der Waals surface area contributed by atoms with Crippen LogP contribution >= 0.6 is 0 Å². The summed E-state index contributed by atoms with van der Waals surface area (Å²) < 4.78 is 5.14. The molecule has 0 N–H and O–H groups in total. The van der Waals surface area contributed by atoms with Crippen LogP contribution in [0.3, 0.4) is 0 Å². The van der Waals surface area contributed by atoms with E-state index in [2.05, 4.69) is 32.8 Å². The molecule has 0 bridgehead atoms. The summed E-state index contributed by atoms with van der Waals surface area (Å²) in [6.07, 6.45) is 8.32. The molecule has 1 heteroatoms. The molecule has 0 fully saturated rings. The van der Waals surface area contributed by atoms with Crippen LogP contribution in [0.5, 0.6) is 0 Å². The fraction of sp³-hybridized carbons (Fsp3) is 0.636. The van der Waals surface area contributed by atoms with E-state index in [0.717, 1.165) is 0 Å². The Labute approximate surface area is 75.8 Å². The van der Waals surface area contributed by atoms with Gasteiger partial charge in [-0.05, 0) is 19.3 Å². The molecule has 0 saturated heterocycles. The largest absolute Gasteiger partial charge is 0.365 e. The molecule has 12 heavy (non-hydrogen) atoms. The summed E-state index contributed by atoms with van der Waals surface area (Å²) in [5, 5.41) is 0. The highest BCUT2D eigenvalue weighted by Gasteiger charge is 1.98. The van der Waals surface area contributed by atoms with Gasteiger partial charge in [0.15, 0.2) is 0 Å². The lowest BCUT2D eigenvalue weighted by molar-refractivity contribution is 0.198. The van der Waals surface area contributed by atoms with Gasteiger partial charge in [-0.15, -0.1) is 6.42 Å². The van der Waals surface area contributed by atoms with Gasteiger partial charge < -0.3 is 4.74 Å². The summed E-state index contributed by atoms with van der Waals surface area (Å²) in [7, 11) is 0. The molecule has 0 aromatic carbocycles. The second-order valence-electron chi connectivity index (χ2n) is 2.98. The topological polar surface area (TPSA) is 9.23 Å². The number of hydrogen-bond acceptors (Lipinski definition) is 1. The van der Waals surface area contributed by atoms with Crippen LogP contribution in [0, 0.1) is 18.3 Å². The van der Waals surface area contributed by atoms with E-state index in [4.69, 9.17) is 11.2 Å². The van der Waals surface area contributed by atoms with Gasteiger partial charge in [-0.3, -0.25) is 0 Å². The molecule has 0 aliphatic carbocycles. The number of hydrogen-bond donors (Lipinski definition) is 0. The first kappa shape index (κ1) is 11.3. The van der Waals surface area contributed by atoms with Gasteiger partial charge in [-0.2, -0.15) is 0 Å². The van der Waals surface area contributed by atoms with Gasteiger partial charge in [0.2, 0.25) is 0 Å². The molecule has 0 spiro atoms. The van der Waals surface area contributed by atoms with Crippen molar-refractivity contribution in [3.8, 4) is 12.3 Å². The van der Waals surface area contributed by atoms with E-state index in [1.165, 1.54) is 12.0 Å². The van der Waals surface area contributed by atoms with Crippen molar-refractivity contribution in [3.05, 3.63) is 11.6 Å². The highest BCUT2D eigenvalue weighted by Crippen LogP contribution is 2.12. The number of ether oxygens (including phenoxy) is 1. The first-order valence-electron chi connectivity index (χ1n) is 4.40. The standard InChI is InChI=1S/C11H18O/c1-5-8-12-9-7-11(4)10(3)6-2/h1,7,10H,6,8-9H2,2-4H3. The molecule has 0 rings (SSSR count). The summed E-state index contributed by atoms with van der Waals surface area (Å²) in [5.41, 5.74) is 1.38. The van der Waals surface area contributed by atoms with Gasteiger partial charge in [0.1, 0.15) is 6.61 Å². The Morgan fingerprint density at radius 3 is 2.83 bits per heavy atom. The van der Waals surface area contributed by atoms with Gasteiger partial charge >= 0.3 is 0 Å². The Bertz CT molecular complexity index is 174. The molecule has 1 nitrogen and oxygen atoms in total. The van der Waals surface area contributed by atoms with E-state index in [1.54, 1.807) is 0 Å². The van der Waals surface area contributed by atoms with Crippen LogP contribution in [-0.2, 0) is 4.74 Å². The van der Waals surface area contributed by atoms with Crippen LogP contribution in [-0.4, -0.2) is 13.2 Å². The summed E-state index contributed by atoms with van der Waals surface area (Å²) in [6, 6.07) is 0. The zero-order valence-corrected chi connectivity index (χ0v) is 8.26. The van der Waals surface area contributed by atoms with Crippen LogP contribution in [0.1, 0.15) is 27.2 Å². The van der Waals surface area contributed by atoms with Crippen LogP contribution < -0.4 is 0 Å². The first-order chi connectivity index (χ1) is 5.72. The predicted molar refractivity (Wildman–Crippen MR) is 52.9 cm³/mol. The monoisotopic (exact) mass is 166 g/mol. The predicted octanol–water partition coefficient (Wildman–Crippen LogP) is 2.63. The maximum Gasteiger partial charge on any atom is 0.107 e. The van der Waals surface area contributed by atoms with Crippen molar-refractivity contribution >= 4 is 0 Å². The second kappa shape index (κ2) is 6.94. The number of rotatable bonds is 5. The van der Waals surface area contributed by atoms with Gasteiger partial charge in [0, 0.05) is 0 Å². The zero-order valence-electron chi connectivity index (χ0n) is 8.26. The molecule has 0 aromatic rings. The summed E-state index contributed by atoms with van der Waals surface area (Å²) in [4.78, 5) is 0. The van der Waals surface area contributed by atoms with Crippen molar-refractivity contribution in [3.63, 3.8) is 0 Å². The molecule has 1 unspecified atom stereocenters. The molecule has 0 amide bonds. The Hall–Kier alpha value is -0.740. The van der Waals surface area contributed by atoms with Crippen LogP contribution in [0.25, 0.3) is 0 Å². The minimum absolute atomic E-state index is 0.407. The SMILES string of the molecule is C#CCOCC=C(C)C(C)CC. The van der Waals surface area contributed by atoms with E-state index >= 15 is 0 Å². The molecule has 0 aliphatic heterocycles. The fourth-order valence-electron chi connectivity index (χ4n) is 0.831. The van der Waals surface area contributed by atoms with Crippen molar-refractivity contribution in [1.29, 1.82) is 0 Å². The third-order valence-corrected chi connectivity index (χ3v) is 2.10. The molecule has 1 atom stereocenters. The van der Waals surface area contributed by atoms with Crippen molar-refractivity contribution in [1.82, 2.24) is 0 Å². The van der Waals surface area contributed by atoms with E-state index < -0.39 is 0 Å². The Morgan fingerprint density at radius 1 is 1.67 bits per heavy atom. The maximum atomic E-state index is 5.14. The third-order valence-electron chi connectivity index (χ3n) is 2.10. The summed E-state index contributed by atoms with van der Waals surface area (Å²) in [6.45, 7) is 7.58. The van der Waals surface area contributed by atoms with E-state index in [9.17, 15) is 0 Å². The molecule has 0 aromatic heterocycles. The van der Waals surface area contributed by atoms with Gasteiger partial charge in [0.05, 0.1) is 6.61 Å². The average Bonchev–Trinajstić information content (AvgIpc) is 2.10. The fourth-order valence-corrected chi connectivity index (χ4v) is 0.831. The van der Waals surface area contributed by atoms with E-state index in [-0.39, 0.29) is 0 Å². The Kier molecular flexibility index (Phi) is 6.51. The summed E-state index contributed by atoms with van der Waals surface area (Å²) >= 11 is 0. The highest BCUT2D eigenvalue weighted by molar-refractivity contribution is 5.01. The van der Waals surface area contributed by atoms with Gasteiger partial charge in [0.25, 0.3) is 0 Å². The molecular weight excluding hydrogens is 148 g/mol. The first-order valence-corrected chi connectivity index (χ1v) is 4.40. The molecule has 68 valence electrons. The van der Waals surface area contributed by atoms with Crippen LogP contribution in [0.15, 0.2) is 11.6 Å². The van der Waals surface area contributed by atoms with Crippen molar-refractivity contribution in [2.75, 3.05) is 13.2 Å². The molecule has 0 aliphatic rings. The number of terminal acetylenes is 1. The normalized spacial score (nSPS) is 14.0. The molecule has 0 saturated carbocycles.